The highest BCUT2D eigenvalue weighted by Crippen LogP contribution is 1.88. The van der Waals surface area contributed by atoms with Crippen LogP contribution in [0.3, 0.4) is 0 Å². The Morgan fingerprint density at radius 3 is 2.44 bits per heavy atom. The van der Waals surface area contributed by atoms with Crippen LogP contribution >= 0.6 is 0 Å². The average molecular weight is 229 g/mol. The Balaban J connectivity index is 3.81. The molecule has 0 aromatic rings. The predicted molar refractivity (Wildman–Crippen MR) is 64.2 cm³/mol. The van der Waals surface area contributed by atoms with Crippen LogP contribution in [-0.4, -0.2) is 43.0 Å². The van der Waals surface area contributed by atoms with Crippen molar-refractivity contribution < 1.29 is 9.59 Å². The Kier molecular flexibility index (Phi) is 7.33. The third-order valence-electron chi connectivity index (χ3n) is 1.98. The van der Waals surface area contributed by atoms with E-state index in [1.807, 2.05) is 13.8 Å². The third kappa shape index (κ3) is 7.09. The standard InChI is InChI=1S/C11H23N3O2/c1-5-6-7-12-11(16)14(4)8-10(15)13-9(2)3/h9H,5-8H2,1-4H3,(H,12,16)(H,13,15). The first-order valence-corrected chi connectivity index (χ1v) is 5.75. The molecule has 0 aliphatic heterocycles. The Hall–Kier alpha value is -1.26. The first kappa shape index (κ1) is 14.7. The number of unbranched alkanes of at least 4 members (excludes halogenated alkanes) is 1. The quantitative estimate of drug-likeness (QED) is 0.666. The highest BCUT2D eigenvalue weighted by Gasteiger charge is 2.12. The van der Waals surface area contributed by atoms with E-state index in [9.17, 15) is 9.59 Å². The summed E-state index contributed by atoms with van der Waals surface area (Å²) in [5.41, 5.74) is 0. The normalized spacial score (nSPS) is 10.1. The van der Waals surface area contributed by atoms with Gasteiger partial charge in [-0.15, -0.1) is 0 Å². The molecule has 0 rings (SSSR count). The molecule has 5 heteroatoms. The van der Waals surface area contributed by atoms with Gasteiger partial charge < -0.3 is 15.5 Å². The van der Waals surface area contributed by atoms with E-state index in [2.05, 4.69) is 17.6 Å². The summed E-state index contributed by atoms with van der Waals surface area (Å²) in [7, 11) is 1.61. The SMILES string of the molecule is CCCCNC(=O)N(C)CC(=O)NC(C)C. The van der Waals surface area contributed by atoms with Crippen LogP contribution in [-0.2, 0) is 4.79 Å². The van der Waals surface area contributed by atoms with Crippen LogP contribution in [0.15, 0.2) is 0 Å². The number of hydrogen-bond acceptors (Lipinski definition) is 2. The van der Waals surface area contributed by atoms with E-state index in [-0.39, 0.29) is 24.5 Å². The van der Waals surface area contributed by atoms with Crippen molar-refractivity contribution in [3.05, 3.63) is 0 Å². The van der Waals surface area contributed by atoms with Crippen molar-refractivity contribution in [2.75, 3.05) is 20.1 Å². The second-order valence-electron chi connectivity index (χ2n) is 4.16. The maximum absolute atomic E-state index is 11.5. The largest absolute Gasteiger partial charge is 0.352 e. The van der Waals surface area contributed by atoms with Crippen molar-refractivity contribution in [2.24, 2.45) is 0 Å². The third-order valence-corrected chi connectivity index (χ3v) is 1.98. The van der Waals surface area contributed by atoms with Crippen LogP contribution in [0.2, 0.25) is 0 Å². The van der Waals surface area contributed by atoms with Crippen molar-refractivity contribution in [1.29, 1.82) is 0 Å². The number of amides is 3. The van der Waals surface area contributed by atoms with Gasteiger partial charge in [-0.1, -0.05) is 13.3 Å². The van der Waals surface area contributed by atoms with E-state index in [4.69, 9.17) is 0 Å². The molecule has 94 valence electrons. The minimum Gasteiger partial charge on any atom is -0.352 e. The van der Waals surface area contributed by atoms with Crippen molar-refractivity contribution in [1.82, 2.24) is 15.5 Å². The van der Waals surface area contributed by atoms with Crippen LogP contribution < -0.4 is 10.6 Å². The lowest BCUT2D eigenvalue weighted by Gasteiger charge is -2.18. The fraction of sp³-hybridized carbons (Fsp3) is 0.818. The van der Waals surface area contributed by atoms with Crippen LogP contribution in [0.1, 0.15) is 33.6 Å². The van der Waals surface area contributed by atoms with Crippen LogP contribution in [0.4, 0.5) is 4.79 Å². The minimum absolute atomic E-state index is 0.0934. The van der Waals surface area contributed by atoms with Gasteiger partial charge in [0.2, 0.25) is 5.91 Å². The van der Waals surface area contributed by atoms with E-state index < -0.39 is 0 Å². The Bertz CT molecular complexity index is 229. The van der Waals surface area contributed by atoms with Crippen molar-refractivity contribution >= 4 is 11.9 Å². The van der Waals surface area contributed by atoms with Gasteiger partial charge in [-0.2, -0.15) is 0 Å². The molecule has 5 nitrogen and oxygen atoms in total. The molecule has 0 aliphatic carbocycles. The number of nitrogens with zero attached hydrogens (tertiary/aromatic N) is 1. The van der Waals surface area contributed by atoms with Crippen molar-refractivity contribution in [3.8, 4) is 0 Å². The molecule has 0 radical (unpaired) electrons. The number of rotatable bonds is 6. The molecule has 3 amide bonds. The summed E-state index contributed by atoms with van der Waals surface area (Å²) >= 11 is 0. The summed E-state index contributed by atoms with van der Waals surface area (Å²) in [5.74, 6) is -0.136. The molecule has 0 unspecified atom stereocenters. The molecule has 0 saturated heterocycles. The van der Waals surface area contributed by atoms with Gasteiger partial charge in [0.25, 0.3) is 0 Å². The molecule has 0 aromatic carbocycles. The molecule has 0 aliphatic rings. The Morgan fingerprint density at radius 1 is 1.31 bits per heavy atom. The zero-order valence-electron chi connectivity index (χ0n) is 10.7. The van der Waals surface area contributed by atoms with E-state index in [0.29, 0.717) is 6.54 Å². The lowest BCUT2D eigenvalue weighted by atomic mass is 10.3. The van der Waals surface area contributed by atoms with E-state index in [0.717, 1.165) is 12.8 Å². The number of hydrogen-bond donors (Lipinski definition) is 2. The predicted octanol–water partition coefficient (Wildman–Crippen LogP) is 0.952. The van der Waals surface area contributed by atoms with Gasteiger partial charge in [0.15, 0.2) is 0 Å². The fourth-order valence-corrected chi connectivity index (χ4v) is 1.16. The molecule has 0 spiro atoms. The summed E-state index contributed by atoms with van der Waals surface area (Å²) in [4.78, 5) is 24.2. The number of nitrogens with one attached hydrogen (secondary N) is 2. The molecule has 2 N–H and O–H groups in total. The lowest BCUT2D eigenvalue weighted by Crippen LogP contribution is -2.44. The first-order chi connectivity index (χ1) is 7.47. The second kappa shape index (κ2) is 7.96. The number of urea groups is 1. The molecule has 0 atom stereocenters. The minimum atomic E-state index is -0.202. The maximum atomic E-state index is 11.5. The Labute approximate surface area is 97.6 Å². The second-order valence-corrected chi connectivity index (χ2v) is 4.16. The number of likely N-dealkylation sites (N-methyl/N-ethyl adjacent to an activating group) is 1. The molecule has 0 aromatic heterocycles. The van der Waals surface area contributed by atoms with Gasteiger partial charge in [0.1, 0.15) is 6.54 Å². The topological polar surface area (TPSA) is 61.4 Å². The van der Waals surface area contributed by atoms with Gasteiger partial charge in [0, 0.05) is 19.6 Å². The molecule has 0 bridgehead atoms. The van der Waals surface area contributed by atoms with E-state index in [1.165, 1.54) is 4.90 Å². The fourth-order valence-electron chi connectivity index (χ4n) is 1.16. The van der Waals surface area contributed by atoms with Crippen molar-refractivity contribution in [2.45, 2.75) is 39.7 Å². The van der Waals surface area contributed by atoms with Gasteiger partial charge >= 0.3 is 6.03 Å². The summed E-state index contributed by atoms with van der Waals surface area (Å²) in [5, 5.41) is 5.48. The maximum Gasteiger partial charge on any atom is 0.317 e. The van der Waals surface area contributed by atoms with Gasteiger partial charge in [-0.05, 0) is 20.3 Å². The van der Waals surface area contributed by atoms with Gasteiger partial charge in [-0.3, -0.25) is 4.79 Å². The van der Waals surface area contributed by atoms with Crippen LogP contribution in [0.5, 0.6) is 0 Å². The highest BCUT2D eigenvalue weighted by molar-refractivity contribution is 5.83. The smallest absolute Gasteiger partial charge is 0.317 e. The monoisotopic (exact) mass is 229 g/mol. The van der Waals surface area contributed by atoms with Crippen LogP contribution in [0, 0.1) is 0 Å². The molecular formula is C11H23N3O2. The summed E-state index contributed by atoms with van der Waals surface area (Å²) < 4.78 is 0. The molecule has 16 heavy (non-hydrogen) atoms. The van der Waals surface area contributed by atoms with E-state index >= 15 is 0 Å². The zero-order chi connectivity index (χ0) is 12.6. The molecule has 0 heterocycles. The van der Waals surface area contributed by atoms with Crippen molar-refractivity contribution in [3.63, 3.8) is 0 Å². The summed E-state index contributed by atoms with van der Waals surface area (Å²) in [6, 6.07) is -0.101. The Morgan fingerprint density at radius 2 is 1.94 bits per heavy atom. The van der Waals surface area contributed by atoms with Crippen LogP contribution in [0.25, 0.3) is 0 Å². The molecule has 0 fully saturated rings. The highest BCUT2D eigenvalue weighted by atomic mass is 16.2. The lowest BCUT2D eigenvalue weighted by molar-refractivity contribution is -0.121. The number of carbonyl (C=O) groups is 2. The van der Waals surface area contributed by atoms with Gasteiger partial charge in [-0.25, -0.2) is 4.79 Å². The summed E-state index contributed by atoms with van der Waals surface area (Å²) in [6.07, 6.45) is 2.00. The van der Waals surface area contributed by atoms with Gasteiger partial charge in [0.05, 0.1) is 0 Å². The number of carbonyl (C=O) groups excluding carboxylic acids is 2. The first-order valence-electron chi connectivity index (χ1n) is 5.75. The average Bonchev–Trinajstić information content (AvgIpc) is 2.16. The zero-order valence-corrected chi connectivity index (χ0v) is 10.7. The molecule has 0 saturated carbocycles. The van der Waals surface area contributed by atoms with E-state index in [1.54, 1.807) is 7.05 Å². The molecular weight excluding hydrogens is 206 g/mol. The summed E-state index contributed by atoms with van der Waals surface area (Å²) in [6.45, 7) is 6.59.